The summed E-state index contributed by atoms with van der Waals surface area (Å²) in [4.78, 5) is 2.57. The first-order chi connectivity index (χ1) is 3.81. The standard InChI is InChI=1S/C4H9N3O/c1-4(8-2)3-6-7-5/h4H,3H2,1-2H3. The lowest BCUT2D eigenvalue weighted by atomic mass is 10.4. The molecule has 0 bridgehead atoms. The lowest BCUT2D eigenvalue weighted by Crippen LogP contribution is -2.07. The summed E-state index contributed by atoms with van der Waals surface area (Å²) in [7, 11) is 1.58. The van der Waals surface area contributed by atoms with Gasteiger partial charge in [0.25, 0.3) is 0 Å². The van der Waals surface area contributed by atoms with Crippen molar-refractivity contribution >= 4 is 0 Å². The van der Waals surface area contributed by atoms with Crippen LogP contribution >= 0.6 is 0 Å². The molecule has 0 aliphatic heterocycles. The van der Waals surface area contributed by atoms with Crippen molar-refractivity contribution in [2.45, 2.75) is 13.0 Å². The summed E-state index contributed by atoms with van der Waals surface area (Å²) in [5.74, 6) is 0. The van der Waals surface area contributed by atoms with Crippen molar-refractivity contribution in [1.82, 2.24) is 0 Å². The van der Waals surface area contributed by atoms with E-state index in [1.807, 2.05) is 6.92 Å². The van der Waals surface area contributed by atoms with Crippen LogP contribution in [0.4, 0.5) is 0 Å². The van der Waals surface area contributed by atoms with Crippen molar-refractivity contribution in [3.63, 3.8) is 0 Å². The van der Waals surface area contributed by atoms with Crippen LogP contribution in [0.3, 0.4) is 0 Å². The minimum absolute atomic E-state index is 0.0332. The Bertz CT molecular complexity index is 97.5. The van der Waals surface area contributed by atoms with Crippen molar-refractivity contribution in [2.75, 3.05) is 13.7 Å². The molecule has 0 heterocycles. The van der Waals surface area contributed by atoms with Crippen molar-refractivity contribution in [3.05, 3.63) is 10.4 Å². The maximum atomic E-state index is 7.81. The minimum Gasteiger partial charge on any atom is -0.382 e. The Morgan fingerprint density at radius 2 is 2.50 bits per heavy atom. The van der Waals surface area contributed by atoms with E-state index in [-0.39, 0.29) is 6.10 Å². The Balaban J connectivity index is 3.23. The van der Waals surface area contributed by atoms with Gasteiger partial charge >= 0.3 is 0 Å². The molecular formula is C4H9N3O. The first-order valence-corrected chi connectivity index (χ1v) is 2.35. The van der Waals surface area contributed by atoms with E-state index in [2.05, 4.69) is 10.0 Å². The highest BCUT2D eigenvalue weighted by molar-refractivity contribution is 4.52. The van der Waals surface area contributed by atoms with Crippen LogP contribution in [0.5, 0.6) is 0 Å². The summed E-state index contributed by atoms with van der Waals surface area (Å²) in [6.45, 7) is 2.25. The summed E-state index contributed by atoms with van der Waals surface area (Å²) < 4.78 is 4.79. The molecule has 0 saturated carbocycles. The summed E-state index contributed by atoms with van der Waals surface area (Å²) in [5.41, 5.74) is 7.81. The fraction of sp³-hybridized carbons (Fsp3) is 1.00. The Morgan fingerprint density at radius 1 is 1.88 bits per heavy atom. The molecular weight excluding hydrogens is 106 g/mol. The third kappa shape index (κ3) is 3.46. The van der Waals surface area contributed by atoms with Gasteiger partial charge in [0.05, 0.1) is 12.6 Å². The van der Waals surface area contributed by atoms with Crippen molar-refractivity contribution < 1.29 is 4.74 Å². The van der Waals surface area contributed by atoms with Crippen molar-refractivity contribution in [3.8, 4) is 0 Å². The zero-order valence-electron chi connectivity index (χ0n) is 5.03. The maximum absolute atomic E-state index is 7.81. The fourth-order valence-electron chi connectivity index (χ4n) is 0.226. The minimum atomic E-state index is 0.0332. The van der Waals surface area contributed by atoms with Crippen LogP contribution in [0.2, 0.25) is 0 Å². The Kier molecular flexibility index (Phi) is 4.03. The molecule has 0 fully saturated rings. The van der Waals surface area contributed by atoms with Crippen LogP contribution in [0, 0.1) is 0 Å². The molecule has 8 heavy (non-hydrogen) atoms. The van der Waals surface area contributed by atoms with Gasteiger partial charge in [-0.2, -0.15) is 0 Å². The molecule has 0 spiro atoms. The SMILES string of the molecule is COC(C)CN=[N+]=[N-]. The fourth-order valence-corrected chi connectivity index (χ4v) is 0.226. The third-order valence-electron chi connectivity index (χ3n) is 0.804. The predicted octanol–water partition coefficient (Wildman–Crippen LogP) is 1.33. The maximum Gasteiger partial charge on any atom is 0.0599 e. The third-order valence-corrected chi connectivity index (χ3v) is 0.804. The van der Waals surface area contributed by atoms with E-state index in [0.717, 1.165) is 0 Å². The molecule has 0 radical (unpaired) electrons. The predicted molar refractivity (Wildman–Crippen MR) is 30.5 cm³/mol. The summed E-state index contributed by atoms with van der Waals surface area (Å²) in [6, 6.07) is 0. The zero-order chi connectivity index (χ0) is 6.41. The number of ether oxygens (including phenoxy) is 1. The smallest absolute Gasteiger partial charge is 0.0599 e. The first-order valence-electron chi connectivity index (χ1n) is 2.35. The van der Waals surface area contributed by atoms with E-state index in [9.17, 15) is 0 Å². The zero-order valence-corrected chi connectivity index (χ0v) is 5.03. The Labute approximate surface area is 48.1 Å². The van der Waals surface area contributed by atoms with Gasteiger partial charge in [-0.05, 0) is 12.5 Å². The average molecular weight is 115 g/mol. The molecule has 0 aromatic carbocycles. The highest BCUT2D eigenvalue weighted by atomic mass is 16.5. The van der Waals surface area contributed by atoms with Gasteiger partial charge in [0.15, 0.2) is 0 Å². The van der Waals surface area contributed by atoms with E-state index in [0.29, 0.717) is 6.54 Å². The van der Waals surface area contributed by atoms with Crippen LogP contribution in [-0.4, -0.2) is 19.8 Å². The number of nitrogens with zero attached hydrogens (tertiary/aromatic N) is 3. The number of rotatable bonds is 3. The molecule has 4 nitrogen and oxygen atoms in total. The van der Waals surface area contributed by atoms with Crippen LogP contribution in [0.25, 0.3) is 10.4 Å². The molecule has 1 unspecified atom stereocenters. The summed E-state index contributed by atoms with van der Waals surface area (Å²) in [6.07, 6.45) is 0.0332. The van der Waals surface area contributed by atoms with E-state index in [1.165, 1.54) is 0 Å². The van der Waals surface area contributed by atoms with Crippen LogP contribution in [0.15, 0.2) is 5.11 Å². The molecule has 0 aromatic rings. The van der Waals surface area contributed by atoms with Gasteiger partial charge in [0, 0.05) is 12.0 Å². The second kappa shape index (κ2) is 4.43. The molecule has 46 valence electrons. The van der Waals surface area contributed by atoms with E-state index in [1.54, 1.807) is 7.11 Å². The molecule has 0 rings (SSSR count). The highest BCUT2D eigenvalue weighted by Crippen LogP contribution is 1.86. The highest BCUT2D eigenvalue weighted by Gasteiger charge is 1.92. The Hall–Kier alpha value is -0.730. The van der Waals surface area contributed by atoms with E-state index in [4.69, 9.17) is 10.3 Å². The number of hydrogen-bond acceptors (Lipinski definition) is 2. The molecule has 0 aliphatic carbocycles. The average Bonchev–Trinajstić information content (AvgIpc) is 1.83. The normalized spacial score (nSPS) is 12.2. The van der Waals surface area contributed by atoms with Crippen LogP contribution < -0.4 is 0 Å². The summed E-state index contributed by atoms with van der Waals surface area (Å²) in [5, 5.41) is 3.30. The lowest BCUT2D eigenvalue weighted by molar-refractivity contribution is 0.125. The van der Waals surface area contributed by atoms with Gasteiger partial charge in [-0.25, -0.2) is 0 Å². The number of methoxy groups -OCH3 is 1. The van der Waals surface area contributed by atoms with Gasteiger partial charge in [-0.1, -0.05) is 5.11 Å². The lowest BCUT2D eigenvalue weighted by Gasteiger charge is -2.01. The van der Waals surface area contributed by atoms with Gasteiger partial charge in [-0.3, -0.25) is 0 Å². The first kappa shape index (κ1) is 7.27. The largest absolute Gasteiger partial charge is 0.382 e. The quantitative estimate of drug-likeness (QED) is 0.311. The van der Waals surface area contributed by atoms with Crippen molar-refractivity contribution in [1.29, 1.82) is 0 Å². The Morgan fingerprint density at radius 3 is 2.88 bits per heavy atom. The van der Waals surface area contributed by atoms with Crippen LogP contribution in [-0.2, 0) is 4.74 Å². The number of azide groups is 1. The molecule has 1 atom stereocenters. The second-order valence-corrected chi connectivity index (χ2v) is 1.46. The molecule has 0 aromatic heterocycles. The van der Waals surface area contributed by atoms with Gasteiger partial charge in [0.2, 0.25) is 0 Å². The van der Waals surface area contributed by atoms with E-state index >= 15 is 0 Å². The molecule has 0 aliphatic rings. The molecule has 4 heteroatoms. The molecule has 0 saturated heterocycles. The van der Waals surface area contributed by atoms with E-state index < -0.39 is 0 Å². The topological polar surface area (TPSA) is 58.0 Å². The van der Waals surface area contributed by atoms with Crippen LogP contribution in [0.1, 0.15) is 6.92 Å². The van der Waals surface area contributed by atoms with Gasteiger partial charge < -0.3 is 4.74 Å². The summed E-state index contributed by atoms with van der Waals surface area (Å²) >= 11 is 0. The second-order valence-electron chi connectivity index (χ2n) is 1.46. The molecule has 0 amide bonds. The van der Waals surface area contributed by atoms with Gasteiger partial charge in [0.1, 0.15) is 0 Å². The van der Waals surface area contributed by atoms with Crippen molar-refractivity contribution in [2.24, 2.45) is 5.11 Å². The monoisotopic (exact) mass is 115 g/mol. The van der Waals surface area contributed by atoms with Gasteiger partial charge in [-0.15, -0.1) is 0 Å². The molecule has 0 N–H and O–H groups in total. The number of hydrogen-bond donors (Lipinski definition) is 0.